The molecule has 0 amide bonds. The van der Waals surface area contributed by atoms with E-state index in [2.05, 4.69) is 24.3 Å². The van der Waals surface area contributed by atoms with Crippen LogP contribution in [0.15, 0.2) is 53.8 Å². The molecule has 1 heterocycles. The number of piperidine rings is 1. The van der Waals surface area contributed by atoms with Gasteiger partial charge in [-0.05, 0) is 24.0 Å². The first-order valence-corrected chi connectivity index (χ1v) is 8.97. The number of hydrogen-bond acceptors (Lipinski definition) is 3. The van der Waals surface area contributed by atoms with Crippen LogP contribution in [0.25, 0.3) is 6.08 Å². The summed E-state index contributed by atoms with van der Waals surface area (Å²) in [5, 5.41) is 10.9. The highest BCUT2D eigenvalue weighted by Crippen LogP contribution is 2.45. The average molecular weight is 376 g/mol. The summed E-state index contributed by atoms with van der Waals surface area (Å²) in [6, 6.07) is 6.81. The van der Waals surface area contributed by atoms with Crippen molar-refractivity contribution < 1.29 is 18.1 Å². The summed E-state index contributed by atoms with van der Waals surface area (Å²) in [4.78, 5) is 12.0. The maximum atomic E-state index is 13.5. The molecule has 1 aromatic rings. The molecule has 2 aliphatic carbocycles. The van der Waals surface area contributed by atoms with Gasteiger partial charge in [-0.2, -0.15) is 13.2 Å². The topological polar surface area (TPSA) is 46.4 Å². The van der Waals surface area contributed by atoms with E-state index in [1.54, 1.807) is 4.90 Å². The van der Waals surface area contributed by atoms with Crippen molar-refractivity contribution >= 4 is 6.08 Å². The SMILES string of the molecule is O=[N+]([O-])C1C=C(C(F)(F)F)C(N2CCC3(C=Cc4ccccc43)CC2)=CC1. The molecule has 1 fully saturated rings. The molecular formula is C20H19F3N2O2. The zero-order valence-electron chi connectivity index (χ0n) is 14.6. The van der Waals surface area contributed by atoms with Crippen LogP contribution in [0.1, 0.15) is 30.4 Å². The van der Waals surface area contributed by atoms with Crippen molar-refractivity contribution in [2.75, 3.05) is 13.1 Å². The Hall–Kier alpha value is -2.57. The van der Waals surface area contributed by atoms with Crippen LogP contribution in [0, 0.1) is 10.1 Å². The molecule has 1 atom stereocenters. The number of likely N-dealkylation sites (tertiary alicyclic amines) is 1. The number of allylic oxidation sites excluding steroid dienone is 2. The van der Waals surface area contributed by atoms with E-state index in [4.69, 9.17) is 0 Å². The zero-order chi connectivity index (χ0) is 19.2. The fourth-order valence-corrected chi connectivity index (χ4v) is 4.39. The lowest BCUT2D eigenvalue weighted by Crippen LogP contribution is -2.42. The molecule has 1 aliphatic heterocycles. The molecule has 4 rings (SSSR count). The van der Waals surface area contributed by atoms with Crippen molar-refractivity contribution in [2.24, 2.45) is 0 Å². The molecule has 1 spiro atoms. The molecule has 0 radical (unpaired) electrons. The smallest absolute Gasteiger partial charge is 0.371 e. The van der Waals surface area contributed by atoms with E-state index in [0.29, 0.717) is 13.1 Å². The Morgan fingerprint density at radius 2 is 1.89 bits per heavy atom. The van der Waals surface area contributed by atoms with Gasteiger partial charge >= 0.3 is 6.18 Å². The maximum Gasteiger partial charge on any atom is 0.418 e. The first-order valence-electron chi connectivity index (χ1n) is 8.97. The third-order valence-electron chi connectivity index (χ3n) is 5.84. The monoisotopic (exact) mass is 376 g/mol. The first kappa shape index (κ1) is 17.8. The number of hydrogen-bond donors (Lipinski definition) is 0. The summed E-state index contributed by atoms with van der Waals surface area (Å²) in [6.45, 7) is 0.974. The maximum absolute atomic E-state index is 13.5. The lowest BCUT2D eigenvalue weighted by Gasteiger charge is -2.42. The average Bonchev–Trinajstić information content (AvgIpc) is 3.00. The molecule has 1 saturated heterocycles. The zero-order valence-corrected chi connectivity index (χ0v) is 14.6. The van der Waals surface area contributed by atoms with Crippen molar-refractivity contribution in [3.63, 3.8) is 0 Å². The predicted octanol–water partition coefficient (Wildman–Crippen LogP) is 4.47. The minimum Gasteiger partial charge on any atom is -0.371 e. The van der Waals surface area contributed by atoms with Crippen LogP contribution < -0.4 is 0 Å². The minimum atomic E-state index is -4.60. The van der Waals surface area contributed by atoms with E-state index in [1.807, 2.05) is 12.1 Å². The van der Waals surface area contributed by atoms with Crippen LogP contribution >= 0.6 is 0 Å². The summed E-state index contributed by atoms with van der Waals surface area (Å²) in [7, 11) is 0. The number of rotatable bonds is 2. The Kier molecular flexibility index (Phi) is 4.13. The third kappa shape index (κ3) is 3.05. The second-order valence-corrected chi connectivity index (χ2v) is 7.32. The molecule has 1 unspecified atom stereocenters. The van der Waals surface area contributed by atoms with Gasteiger partial charge in [0.2, 0.25) is 6.04 Å². The normalized spacial score (nSPS) is 23.8. The molecule has 0 N–H and O–H groups in total. The summed E-state index contributed by atoms with van der Waals surface area (Å²) in [5.74, 6) is 0. The van der Waals surface area contributed by atoms with E-state index in [1.165, 1.54) is 17.2 Å². The van der Waals surface area contributed by atoms with Crippen LogP contribution in [-0.4, -0.2) is 35.1 Å². The van der Waals surface area contributed by atoms with Crippen LogP contribution in [0.2, 0.25) is 0 Å². The molecule has 7 heteroatoms. The highest BCUT2D eigenvalue weighted by Gasteiger charge is 2.44. The summed E-state index contributed by atoms with van der Waals surface area (Å²) in [6.07, 6.45) is 3.25. The summed E-state index contributed by atoms with van der Waals surface area (Å²) >= 11 is 0. The van der Waals surface area contributed by atoms with Crippen LogP contribution in [-0.2, 0) is 5.41 Å². The Morgan fingerprint density at radius 1 is 1.19 bits per heavy atom. The van der Waals surface area contributed by atoms with E-state index < -0.39 is 22.7 Å². The second kappa shape index (κ2) is 6.25. The van der Waals surface area contributed by atoms with Gasteiger partial charge in [-0.1, -0.05) is 42.5 Å². The number of fused-ring (bicyclic) bond motifs is 2. The van der Waals surface area contributed by atoms with Gasteiger partial charge in [-0.3, -0.25) is 10.1 Å². The predicted molar refractivity (Wildman–Crippen MR) is 95.6 cm³/mol. The standard InChI is InChI=1S/C20H19F3N2O2/c21-20(22,23)17-13-15(25(26)27)5-6-18(17)24-11-9-19(10-12-24)8-7-14-3-1-2-4-16(14)19/h1-4,6-8,13,15H,5,9-12H2. The van der Waals surface area contributed by atoms with Gasteiger partial charge in [0, 0.05) is 41.6 Å². The highest BCUT2D eigenvalue weighted by atomic mass is 19.4. The fourth-order valence-electron chi connectivity index (χ4n) is 4.39. The van der Waals surface area contributed by atoms with Gasteiger partial charge in [-0.15, -0.1) is 0 Å². The molecule has 27 heavy (non-hydrogen) atoms. The first-order chi connectivity index (χ1) is 12.8. The second-order valence-electron chi connectivity index (χ2n) is 7.32. The molecule has 0 aromatic heterocycles. The number of halogens is 3. The van der Waals surface area contributed by atoms with Crippen molar-refractivity contribution in [1.29, 1.82) is 0 Å². The third-order valence-corrected chi connectivity index (χ3v) is 5.84. The van der Waals surface area contributed by atoms with E-state index in [-0.39, 0.29) is 17.5 Å². The number of alkyl halides is 3. The van der Waals surface area contributed by atoms with Gasteiger partial charge in [-0.25, -0.2) is 0 Å². The van der Waals surface area contributed by atoms with E-state index >= 15 is 0 Å². The van der Waals surface area contributed by atoms with Crippen LogP contribution in [0.3, 0.4) is 0 Å². The molecule has 142 valence electrons. The fraction of sp³-hybridized carbons (Fsp3) is 0.400. The van der Waals surface area contributed by atoms with E-state index in [0.717, 1.165) is 18.9 Å². The number of nitro groups is 1. The Labute approximate surface area is 154 Å². The number of benzene rings is 1. The molecule has 1 aromatic carbocycles. The van der Waals surface area contributed by atoms with Gasteiger partial charge in [0.15, 0.2) is 0 Å². The van der Waals surface area contributed by atoms with Crippen molar-refractivity contribution in [2.45, 2.75) is 36.9 Å². The molecule has 3 aliphatic rings. The van der Waals surface area contributed by atoms with Gasteiger partial charge in [0.1, 0.15) is 0 Å². The molecule has 4 nitrogen and oxygen atoms in total. The molecule has 0 bridgehead atoms. The van der Waals surface area contributed by atoms with Gasteiger partial charge < -0.3 is 4.90 Å². The van der Waals surface area contributed by atoms with Crippen LogP contribution in [0.5, 0.6) is 0 Å². The minimum absolute atomic E-state index is 0.00765. The Bertz CT molecular complexity index is 862. The lowest BCUT2D eigenvalue weighted by molar-refractivity contribution is -0.508. The van der Waals surface area contributed by atoms with Crippen molar-refractivity contribution in [3.8, 4) is 0 Å². The summed E-state index contributed by atoms with van der Waals surface area (Å²) < 4.78 is 40.5. The van der Waals surface area contributed by atoms with Crippen LogP contribution in [0.4, 0.5) is 13.2 Å². The lowest BCUT2D eigenvalue weighted by atomic mass is 9.74. The van der Waals surface area contributed by atoms with Gasteiger partial charge in [0.05, 0.1) is 5.57 Å². The van der Waals surface area contributed by atoms with Crippen molar-refractivity contribution in [1.82, 2.24) is 4.90 Å². The highest BCUT2D eigenvalue weighted by molar-refractivity contribution is 5.65. The van der Waals surface area contributed by atoms with E-state index in [9.17, 15) is 23.3 Å². The van der Waals surface area contributed by atoms with Crippen molar-refractivity contribution in [3.05, 3.63) is 75.0 Å². The quantitative estimate of drug-likeness (QED) is 0.565. The Balaban J connectivity index is 1.56. The summed E-state index contributed by atoms with van der Waals surface area (Å²) in [5.41, 5.74) is 1.50. The Morgan fingerprint density at radius 3 is 2.56 bits per heavy atom. The van der Waals surface area contributed by atoms with Gasteiger partial charge in [0.25, 0.3) is 0 Å². The molecular weight excluding hydrogens is 357 g/mol. The largest absolute Gasteiger partial charge is 0.418 e. The number of nitrogens with zero attached hydrogens (tertiary/aromatic N) is 2. The molecule has 0 saturated carbocycles.